The Morgan fingerprint density at radius 2 is 2.00 bits per heavy atom. The van der Waals surface area contributed by atoms with E-state index in [9.17, 15) is 4.79 Å². The van der Waals surface area contributed by atoms with Crippen LogP contribution in [-0.4, -0.2) is 35.0 Å². The lowest BCUT2D eigenvalue weighted by Gasteiger charge is -2.43. The number of amides is 1. The number of hydrogen-bond donors (Lipinski definition) is 1. The number of piperidine rings is 1. The summed E-state index contributed by atoms with van der Waals surface area (Å²) in [6.45, 7) is 1.44. The first-order valence-corrected chi connectivity index (χ1v) is 6.07. The molecule has 5 heteroatoms. The molecule has 1 spiro atoms. The van der Waals surface area contributed by atoms with E-state index >= 15 is 0 Å². The van der Waals surface area contributed by atoms with Crippen LogP contribution in [0.3, 0.4) is 0 Å². The van der Waals surface area contributed by atoms with Crippen molar-refractivity contribution in [3.63, 3.8) is 0 Å². The molecule has 0 aromatic heterocycles. The maximum atomic E-state index is 10.9. The van der Waals surface area contributed by atoms with Crippen molar-refractivity contribution in [2.75, 3.05) is 13.1 Å². The summed E-state index contributed by atoms with van der Waals surface area (Å²) in [5.41, 5.74) is 1.05. The van der Waals surface area contributed by atoms with Crippen LogP contribution in [-0.2, 0) is 11.3 Å². The predicted octanol–water partition coefficient (Wildman–Crippen LogP) is 2.07. The van der Waals surface area contributed by atoms with Crippen LogP contribution in [0.5, 0.6) is 5.75 Å². The third-order valence-electron chi connectivity index (χ3n) is 3.56. The number of ether oxygens (including phenoxy) is 2. The summed E-state index contributed by atoms with van der Waals surface area (Å²) in [5, 5.41) is 8.93. The lowest BCUT2D eigenvalue weighted by atomic mass is 10.0. The average Bonchev–Trinajstić information content (AvgIpc) is 2.39. The third kappa shape index (κ3) is 1.90. The molecule has 5 nitrogen and oxygen atoms in total. The standard InChI is InChI=1S/C13H15NO4/c15-12(16)14-7-5-13(6-8-14)17-9-10-3-1-2-4-11(10)18-13/h1-4H,5-9H2,(H,15,16). The fourth-order valence-corrected chi connectivity index (χ4v) is 2.45. The number of carbonyl (C=O) groups is 1. The Labute approximate surface area is 105 Å². The molecule has 1 fully saturated rings. The van der Waals surface area contributed by atoms with E-state index in [0.717, 1.165) is 11.3 Å². The summed E-state index contributed by atoms with van der Waals surface area (Å²) in [6, 6.07) is 7.80. The molecule has 0 unspecified atom stereocenters. The van der Waals surface area contributed by atoms with Gasteiger partial charge in [0.1, 0.15) is 5.75 Å². The van der Waals surface area contributed by atoms with E-state index in [0.29, 0.717) is 32.5 Å². The first kappa shape index (κ1) is 11.3. The molecule has 0 radical (unpaired) electrons. The minimum Gasteiger partial charge on any atom is -0.465 e. The lowest BCUT2D eigenvalue weighted by molar-refractivity contribution is -0.225. The van der Waals surface area contributed by atoms with E-state index in [1.165, 1.54) is 4.90 Å². The highest BCUT2D eigenvalue weighted by Crippen LogP contribution is 2.37. The molecule has 2 heterocycles. The van der Waals surface area contributed by atoms with Crippen LogP contribution in [0, 0.1) is 0 Å². The molecule has 1 N–H and O–H groups in total. The Morgan fingerprint density at radius 1 is 1.28 bits per heavy atom. The number of fused-ring (bicyclic) bond motifs is 1. The molecule has 0 atom stereocenters. The van der Waals surface area contributed by atoms with E-state index in [1.54, 1.807) is 0 Å². The van der Waals surface area contributed by atoms with Crippen LogP contribution in [0.15, 0.2) is 24.3 Å². The number of nitrogens with zero attached hydrogens (tertiary/aromatic N) is 1. The molecule has 1 aromatic carbocycles. The number of para-hydroxylation sites is 1. The zero-order valence-corrected chi connectivity index (χ0v) is 9.96. The number of hydrogen-bond acceptors (Lipinski definition) is 3. The van der Waals surface area contributed by atoms with Crippen LogP contribution in [0.2, 0.25) is 0 Å². The van der Waals surface area contributed by atoms with Gasteiger partial charge >= 0.3 is 6.09 Å². The van der Waals surface area contributed by atoms with E-state index in [1.807, 2.05) is 24.3 Å². The summed E-state index contributed by atoms with van der Waals surface area (Å²) < 4.78 is 11.8. The van der Waals surface area contributed by atoms with Crippen molar-refractivity contribution in [2.24, 2.45) is 0 Å². The van der Waals surface area contributed by atoms with Crippen LogP contribution in [0.25, 0.3) is 0 Å². The van der Waals surface area contributed by atoms with Crippen LogP contribution in [0.4, 0.5) is 4.79 Å². The van der Waals surface area contributed by atoms with Gasteiger partial charge in [-0.05, 0) is 6.07 Å². The summed E-state index contributed by atoms with van der Waals surface area (Å²) >= 11 is 0. The Bertz CT molecular complexity index is 466. The van der Waals surface area contributed by atoms with Gasteiger partial charge in [-0.3, -0.25) is 0 Å². The SMILES string of the molecule is O=C(O)N1CCC2(CC1)OCc1ccccc1O2. The lowest BCUT2D eigenvalue weighted by Crippen LogP contribution is -2.52. The van der Waals surface area contributed by atoms with E-state index in [4.69, 9.17) is 14.6 Å². The van der Waals surface area contributed by atoms with Gasteiger partial charge in [-0.2, -0.15) is 0 Å². The largest absolute Gasteiger partial charge is 0.465 e. The Kier molecular flexibility index (Phi) is 2.63. The average molecular weight is 249 g/mol. The minimum atomic E-state index is -0.874. The first-order chi connectivity index (χ1) is 8.69. The van der Waals surface area contributed by atoms with E-state index in [2.05, 4.69) is 0 Å². The van der Waals surface area contributed by atoms with Crippen molar-refractivity contribution in [2.45, 2.75) is 25.2 Å². The first-order valence-electron chi connectivity index (χ1n) is 6.07. The van der Waals surface area contributed by atoms with E-state index < -0.39 is 11.9 Å². The second-order valence-corrected chi connectivity index (χ2v) is 4.68. The van der Waals surface area contributed by atoms with Crippen LogP contribution < -0.4 is 4.74 Å². The van der Waals surface area contributed by atoms with E-state index in [-0.39, 0.29) is 0 Å². The van der Waals surface area contributed by atoms with Crippen molar-refractivity contribution in [1.82, 2.24) is 4.90 Å². The third-order valence-corrected chi connectivity index (χ3v) is 3.56. The Balaban J connectivity index is 1.74. The molecule has 1 aromatic rings. The normalized spacial score (nSPS) is 21.2. The molecular formula is C13H15NO4. The highest BCUT2D eigenvalue weighted by atomic mass is 16.7. The van der Waals surface area contributed by atoms with Crippen molar-refractivity contribution in [3.05, 3.63) is 29.8 Å². The number of likely N-dealkylation sites (tertiary alicyclic amines) is 1. The zero-order valence-electron chi connectivity index (χ0n) is 9.96. The fraction of sp³-hybridized carbons (Fsp3) is 0.462. The number of carboxylic acid groups (broad SMARTS) is 1. The molecule has 2 aliphatic rings. The summed E-state index contributed by atoms with van der Waals surface area (Å²) in [7, 11) is 0. The van der Waals surface area contributed by atoms with Crippen molar-refractivity contribution in [3.8, 4) is 5.75 Å². The van der Waals surface area contributed by atoms with Crippen molar-refractivity contribution < 1.29 is 19.4 Å². The highest BCUT2D eigenvalue weighted by molar-refractivity contribution is 5.65. The zero-order chi connectivity index (χ0) is 12.6. The topological polar surface area (TPSA) is 59.0 Å². The highest BCUT2D eigenvalue weighted by Gasteiger charge is 2.41. The molecule has 0 saturated carbocycles. The number of benzene rings is 1. The smallest absolute Gasteiger partial charge is 0.407 e. The van der Waals surface area contributed by atoms with Gasteiger partial charge in [0, 0.05) is 31.5 Å². The van der Waals surface area contributed by atoms with Gasteiger partial charge in [0.25, 0.3) is 0 Å². The molecule has 1 amide bonds. The summed E-state index contributed by atoms with van der Waals surface area (Å²) in [4.78, 5) is 12.3. The van der Waals surface area contributed by atoms with Gasteiger partial charge in [-0.15, -0.1) is 0 Å². The van der Waals surface area contributed by atoms with Gasteiger partial charge in [-0.1, -0.05) is 18.2 Å². The second kappa shape index (κ2) is 4.17. The molecule has 1 saturated heterocycles. The van der Waals surface area contributed by atoms with Gasteiger partial charge in [0.2, 0.25) is 5.79 Å². The molecule has 18 heavy (non-hydrogen) atoms. The maximum absolute atomic E-state index is 10.9. The second-order valence-electron chi connectivity index (χ2n) is 4.68. The van der Waals surface area contributed by atoms with Gasteiger partial charge < -0.3 is 19.5 Å². The van der Waals surface area contributed by atoms with Crippen LogP contribution >= 0.6 is 0 Å². The van der Waals surface area contributed by atoms with Crippen LogP contribution in [0.1, 0.15) is 18.4 Å². The van der Waals surface area contributed by atoms with Crippen molar-refractivity contribution in [1.29, 1.82) is 0 Å². The van der Waals surface area contributed by atoms with Gasteiger partial charge in [0.05, 0.1) is 6.61 Å². The summed E-state index contributed by atoms with van der Waals surface area (Å²) in [6.07, 6.45) is 0.280. The fourth-order valence-electron chi connectivity index (χ4n) is 2.45. The van der Waals surface area contributed by atoms with Crippen molar-refractivity contribution >= 4 is 6.09 Å². The predicted molar refractivity (Wildman–Crippen MR) is 63.4 cm³/mol. The number of rotatable bonds is 0. The molecule has 3 rings (SSSR count). The Hall–Kier alpha value is -1.75. The molecule has 0 bridgehead atoms. The molecule has 96 valence electrons. The Morgan fingerprint density at radius 3 is 2.72 bits per heavy atom. The maximum Gasteiger partial charge on any atom is 0.407 e. The molecule has 2 aliphatic heterocycles. The minimum absolute atomic E-state index is 0.456. The molecular weight excluding hydrogens is 234 g/mol. The van der Waals surface area contributed by atoms with Gasteiger partial charge in [-0.25, -0.2) is 4.79 Å². The summed E-state index contributed by atoms with van der Waals surface area (Å²) in [5.74, 6) is 0.216. The quantitative estimate of drug-likeness (QED) is 0.764. The monoisotopic (exact) mass is 249 g/mol. The molecule has 0 aliphatic carbocycles. The van der Waals surface area contributed by atoms with Gasteiger partial charge in [0.15, 0.2) is 0 Å².